The number of hydrogen-bond acceptors (Lipinski definition) is 2. The van der Waals surface area contributed by atoms with Crippen LogP contribution in [0.4, 0.5) is 0 Å². The van der Waals surface area contributed by atoms with Crippen LogP contribution in [0.2, 0.25) is 10.0 Å². The molecule has 0 aliphatic carbocycles. The van der Waals surface area contributed by atoms with E-state index in [2.05, 4.69) is 0 Å². The Labute approximate surface area is 133 Å². The standard InChI is InChI=1S/C15H17Cl2NO3/c1-8-6-18(7-11(8)15(20)21)14(19)9(2)10-3-4-12(16)13(17)5-10/h3-5,8-9,11H,6-7H2,1-2H3,(H,20,21)/t8-,9?,11-/m1/s1. The Bertz CT molecular complexity index is 576. The first-order valence-corrected chi connectivity index (χ1v) is 7.53. The van der Waals surface area contributed by atoms with Crippen LogP contribution in [0.1, 0.15) is 25.3 Å². The van der Waals surface area contributed by atoms with Crippen LogP contribution < -0.4 is 0 Å². The molecule has 1 saturated heterocycles. The summed E-state index contributed by atoms with van der Waals surface area (Å²) in [4.78, 5) is 25.3. The average Bonchev–Trinajstić information content (AvgIpc) is 2.82. The van der Waals surface area contributed by atoms with Crippen molar-refractivity contribution >= 4 is 35.1 Å². The summed E-state index contributed by atoms with van der Waals surface area (Å²) >= 11 is 11.8. The first kappa shape index (κ1) is 16.1. The molecule has 1 aliphatic rings. The quantitative estimate of drug-likeness (QED) is 0.925. The number of carboxylic acids is 1. The molecule has 1 aliphatic heterocycles. The lowest BCUT2D eigenvalue weighted by molar-refractivity contribution is -0.142. The lowest BCUT2D eigenvalue weighted by Crippen LogP contribution is -2.33. The van der Waals surface area contributed by atoms with Crippen LogP contribution in [0.5, 0.6) is 0 Å². The van der Waals surface area contributed by atoms with E-state index in [1.165, 1.54) is 0 Å². The Morgan fingerprint density at radius 3 is 2.48 bits per heavy atom. The summed E-state index contributed by atoms with van der Waals surface area (Å²) in [5.41, 5.74) is 0.779. The van der Waals surface area contributed by atoms with Crippen molar-refractivity contribution in [3.05, 3.63) is 33.8 Å². The van der Waals surface area contributed by atoms with Gasteiger partial charge in [-0.15, -0.1) is 0 Å². The van der Waals surface area contributed by atoms with Crippen LogP contribution in [-0.4, -0.2) is 35.0 Å². The van der Waals surface area contributed by atoms with Crippen molar-refractivity contribution in [2.45, 2.75) is 19.8 Å². The van der Waals surface area contributed by atoms with Gasteiger partial charge in [0.2, 0.25) is 5.91 Å². The zero-order valence-electron chi connectivity index (χ0n) is 11.8. The number of carbonyl (C=O) groups excluding carboxylic acids is 1. The van der Waals surface area contributed by atoms with E-state index in [1.807, 2.05) is 6.92 Å². The highest BCUT2D eigenvalue weighted by atomic mass is 35.5. The number of nitrogens with zero attached hydrogens (tertiary/aromatic N) is 1. The minimum atomic E-state index is -0.847. The van der Waals surface area contributed by atoms with Gasteiger partial charge in [-0.3, -0.25) is 9.59 Å². The molecule has 114 valence electrons. The van der Waals surface area contributed by atoms with Crippen molar-refractivity contribution < 1.29 is 14.7 Å². The molecule has 21 heavy (non-hydrogen) atoms. The smallest absolute Gasteiger partial charge is 0.308 e. The monoisotopic (exact) mass is 329 g/mol. The molecule has 1 unspecified atom stereocenters. The van der Waals surface area contributed by atoms with Crippen molar-refractivity contribution in [2.24, 2.45) is 11.8 Å². The number of likely N-dealkylation sites (tertiary alicyclic amines) is 1. The van der Waals surface area contributed by atoms with E-state index in [0.29, 0.717) is 16.6 Å². The number of rotatable bonds is 3. The van der Waals surface area contributed by atoms with Gasteiger partial charge in [-0.1, -0.05) is 36.2 Å². The first-order valence-electron chi connectivity index (χ1n) is 6.77. The summed E-state index contributed by atoms with van der Waals surface area (Å²) in [5.74, 6) is -1.83. The minimum Gasteiger partial charge on any atom is -0.481 e. The summed E-state index contributed by atoms with van der Waals surface area (Å²) in [6.07, 6.45) is 0. The Morgan fingerprint density at radius 2 is 1.95 bits per heavy atom. The van der Waals surface area contributed by atoms with Crippen LogP contribution in [0.15, 0.2) is 18.2 Å². The molecule has 6 heteroatoms. The second-order valence-corrected chi connectivity index (χ2v) is 6.37. The highest BCUT2D eigenvalue weighted by Crippen LogP contribution is 2.30. The second-order valence-electron chi connectivity index (χ2n) is 5.56. The maximum Gasteiger partial charge on any atom is 0.308 e. The molecule has 1 aromatic rings. The summed E-state index contributed by atoms with van der Waals surface area (Å²) in [5, 5.41) is 9.99. The molecule has 3 atom stereocenters. The molecule has 1 heterocycles. The first-order chi connectivity index (χ1) is 9.81. The zero-order valence-corrected chi connectivity index (χ0v) is 13.4. The number of amides is 1. The third-order valence-electron chi connectivity index (χ3n) is 4.06. The molecular formula is C15H17Cl2NO3. The largest absolute Gasteiger partial charge is 0.481 e. The SMILES string of the molecule is CC(C(=O)N1C[C@@H](C)[C@H](C(=O)O)C1)c1ccc(Cl)c(Cl)c1. The van der Waals surface area contributed by atoms with Crippen LogP contribution in [0, 0.1) is 11.8 Å². The van der Waals surface area contributed by atoms with Gasteiger partial charge >= 0.3 is 5.97 Å². The molecule has 0 bridgehead atoms. The lowest BCUT2D eigenvalue weighted by Gasteiger charge is -2.21. The number of carboxylic acid groups (broad SMARTS) is 1. The molecule has 1 amide bonds. The van der Waals surface area contributed by atoms with Gasteiger partial charge in [-0.25, -0.2) is 0 Å². The Kier molecular flexibility index (Phi) is 4.79. The van der Waals surface area contributed by atoms with E-state index in [9.17, 15) is 9.59 Å². The van der Waals surface area contributed by atoms with Gasteiger partial charge in [-0.05, 0) is 30.5 Å². The Hall–Kier alpha value is -1.26. The maximum atomic E-state index is 12.5. The third kappa shape index (κ3) is 3.33. The van der Waals surface area contributed by atoms with Gasteiger partial charge in [0.05, 0.1) is 21.9 Å². The maximum absolute atomic E-state index is 12.5. The predicted molar refractivity (Wildman–Crippen MR) is 81.7 cm³/mol. The fraction of sp³-hybridized carbons (Fsp3) is 0.467. The van der Waals surface area contributed by atoms with E-state index in [4.69, 9.17) is 28.3 Å². The zero-order chi connectivity index (χ0) is 15.7. The molecule has 0 saturated carbocycles. The molecule has 2 rings (SSSR count). The average molecular weight is 330 g/mol. The van der Waals surface area contributed by atoms with Gasteiger partial charge in [0.15, 0.2) is 0 Å². The van der Waals surface area contributed by atoms with Gasteiger partial charge in [0.25, 0.3) is 0 Å². The van der Waals surface area contributed by atoms with E-state index >= 15 is 0 Å². The number of aliphatic carboxylic acids is 1. The van der Waals surface area contributed by atoms with Gasteiger partial charge in [0.1, 0.15) is 0 Å². The number of hydrogen-bond donors (Lipinski definition) is 1. The normalized spacial score (nSPS) is 23.1. The van der Waals surface area contributed by atoms with E-state index in [1.54, 1.807) is 30.0 Å². The number of carbonyl (C=O) groups is 2. The second kappa shape index (κ2) is 6.24. The van der Waals surface area contributed by atoms with E-state index < -0.39 is 11.9 Å². The molecule has 4 nitrogen and oxygen atoms in total. The molecule has 1 fully saturated rings. The summed E-state index contributed by atoms with van der Waals surface area (Å²) in [7, 11) is 0. The van der Waals surface area contributed by atoms with Crippen LogP contribution >= 0.6 is 23.2 Å². The molecule has 0 radical (unpaired) electrons. The van der Waals surface area contributed by atoms with Gasteiger partial charge in [-0.2, -0.15) is 0 Å². The van der Waals surface area contributed by atoms with Crippen molar-refractivity contribution in [2.75, 3.05) is 13.1 Å². The van der Waals surface area contributed by atoms with Gasteiger partial charge in [0, 0.05) is 13.1 Å². The molecule has 0 spiro atoms. The van der Waals surface area contributed by atoms with Crippen LogP contribution in [0.3, 0.4) is 0 Å². The number of halogens is 2. The Morgan fingerprint density at radius 1 is 1.29 bits per heavy atom. The predicted octanol–water partition coefficient (Wildman–Crippen LogP) is 3.28. The van der Waals surface area contributed by atoms with Crippen molar-refractivity contribution in [1.29, 1.82) is 0 Å². The molecule has 1 N–H and O–H groups in total. The molecule has 0 aromatic heterocycles. The van der Waals surface area contributed by atoms with Crippen LogP contribution in [0.25, 0.3) is 0 Å². The van der Waals surface area contributed by atoms with E-state index in [0.717, 1.165) is 5.56 Å². The fourth-order valence-electron chi connectivity index (χ4n) is 2.67. The van der Waals surface area contributed by atoms with Crippen molar-refractivity contribution in [3.63, 3.8) is 0 Å². The van der Waals surface area contributed by atoms with E-state index in [-0.39, 0.29) is 24.3 Å². The minimum absolute atomic E-state index is 0.0348. The molecular weight excluding hydrogens is 313 g/mol. The number of benzene rings is 1. The van der Waals surface area contributed by atoms with Crippen molar-refractivity contribution in [3.8, 4) is 0 Å². The van der Waals surface area contributed by atoms with Gasteiger partial charge < -0.3 is 10.0 Å². The highest BCUT2D eigenvalue weighted by molar-refractivity contribution is 6.42. The lowest BCUT2D eigenvalue weighted by atomic mass is 9.99. The Balaban J connectivity index is 2.13. The topological polar surface area (TPSA) is 57.6 Å². The van der Waals surface area contributed by atoms with Crippen molar-refractivity contribution in [1.82, 2.24) is 4.90 Å². The summed E-state index contributed by atoms with van der Waals surface area (Å²) in [6.45, 7) is 4.39. The summed E-state index contributed by atoms with van der Waals surface area (Å²) in [6, 6.07) is 5.11. The highest BCUT2D eigenvalue weighted by Gasteiger charge is 2.38. The summed E-state index contributed by atoms with van der Waals surface area (Å²) < 4.78 is 0. The van der Waals surface area contributed by atoms with Crippen LogP contribution in [-0.2, 0) is 9.59 Å². The fourth-order valence-corrected chi connectivity index (χ4v) is 2.97. The molecule has 1 aromatic carbocycles. The third-order valence-corrected chi connectivity index (χ3v) is 4.79.